The van der Waals surface area contributed by atoms with Gasteiger partial charge >= 0.3 is 0 Å². The van der Waals surface area contributed by atoms with E-state index in [0.717, 1.165) is 25.7 Å². The van der Waals surface area contributed by atoms with E-state index >= 15 is 0 Å². The molecule has 4 N–H and O–H groups in total. The van der Waals surface area contributed by atoms with Crippen LogP contribution in [0.5, 0.6) is 0 Å². The quantitative estimate of drug-likeness (QED) is 0.513. The van der Waals surface area contributed by atoms with Crippen LogP contribution in [0.1, 0.15) is 86.0 Å². The number of carbonyl (C=O) groups is 1. The number of aliphatic hydroxyl groups excluding tert-OH is 4. The first kappa shape index (κ1) is 24.6. The Balaban J connectivity index is 1.55. The molecule has 0 aromatic carbocycles. The molecule has 12 atom stereocenters. The summed E-state index contributed by atoms with van der Waals surface area (Å²) in [6.07, 6.45) is 3.50. The normalized spacial score (nSPS) is 49.2. The Hall–Kier alpha value is -0.490. The Morgan fingerprint density at radius 1 is 0.969 bits per heavy atom. The number of fused-ring (bicyclic) bond motifs is 5. The zero-order valence-electron chi connectivity index (χ0n) is 20.7. The SMILES string of the molecule is CC(C)C[C@H](O)[C@H](O)[C@@H](C)[C@@H]1CC[C@H]2[C@H]3CC(=O)[C@H]4C[C@H](O)[C@H](O)C[C@]4(C)[C@H]3CC[C@@]12C. The Bertz CT molecular complexity index is 708. The van der Waals surface area contributed by atoms with Crippen LogP contribution in [0.3, 0.4) is 0 Å². The molecule has 5 nitrogen and oxygen atoms in total. The first-order valence-corrected chi connectivity index (χ1v) is 13.1. The van der Waals surface area contributed by atoms with Crippen molar-refractivity contribution in [3.63, 3.8) is 0 Å². The predicted molar refractivity (Wildman–Crippen MR) is 124 cm³/mol. The summed E-state index contributed by atoms with van der Waals surface area (Å²) in [5.74, 6) is 2.09. The largest absolute Gasteiger partial charge is 0.390 e. The van der Waals surface area contributed by atoms with Crippen LogP contribution in [-0.4, -0.2) is 50.6 Å². The van der Waals surface area contributed by atoms with Crippen molar-refractivity contribution in [2.75, 3.05) is 0 Å². The molecule has 0 heterocycles. The fourth-order valence-corrected chi connectivity index (χ4v) is 9.19. The molecule has 0 unspecified atom stereocenters. The van der Waals surface area contributed by atoms with Gasteiger partial charge in [-0.15, -0.1) is 0 Å². The molecule has 0 aromatic heterocycles. The number of hydrogen-bond acceptors (Lipinski definition) is 5. The number of rotatable bonds is 5. The van der Waals surface area contributed by atoms with E-state index in [1.54, 1.807) is 0 Å². The van der Waals surface area contributed by atoms with Gasteiger partial charge in [0.05, 0.1) is 24.4 Å². The molecule has 4 aliphatic rings. The molecule has 4 rings (SSSR count). The maximum atomic E-state index is 13.3. The molecule has 4 fully saturated rings. The molecule has 0 aromatic rings. The minimum absolute atomic E-state index is 0.0320. The first-order chi connectivity index (χ1) is 14.9. The summed E-state index contributed by atoms with van der Waals surface area (Å²) in [7, 11) is 0. The number of aliphatic hydroxyl groups is 4. The van der Waals surface area contributed by atoms with E-state index in [0.29, 0.717) is 55.3 Å². The summed E-state index contributed by atoms with van der Waals surface area (Å²) in [5, 5.41) is 42.3. The Kier molecular flexibility index (Phi) is 6.64. The van der Waals surface area contributed by atoms with Gasteiger partial charge < -0.3 is 20.4 Å². The highest BCUT2D eigenvalue weighted by atomic mass is 16.3. The van der Waals surface area contributed by atoms with Crippen LogP contribution >= 0.6 is 0 Å². The smallest absolute Gasteiger partial charge is 0.136 e. The maximum Gasteiger partial charge on any atom is 0.136 e. The Labute approximate surface area is 194 Å². The molecule has 4 aliphatic carbocycles. The van der Waals surface area contributed by atoms with Crippen LogP contribution < -0.4 is 0 Å². The average molecular weight is 451 g/mol. The van der Waals surface area contributed by atoms with Crippen molar-refractivity contribution in [1.29, 1.82) is 0 Å². The van der Waals surface area contributed by atoms with Crippen molar-refractivity contribution in [2.24, 2.45) is 52.3 Å². The second kappa shape index (κ2) is 8.62. The molecular weight excluding hydrogens is 404 g/mol. The van der Waals surface area contributed by atoms with Crippen molar-refractivity contribution in [1.82, 2.24) is 0 Å². The van der Waals surface area contributed by atoms with E-state index in [1.807, 2.05) is 0 Å². The van der Waals surface area contributed by atoms with Crippen molar-refractivity contribution in [3.05, 3.63) is 0 Å². The average Bonchev–Trinajstić information content (AvgIpc) is 3.06. The van der Waals surface area contributed by atoms with Gasteiger partial charge in [-0.3, -0.25) is 4.79 Å². The molecule has 184 valence electrons. The van der Waals surface area contributed by atoms with Crippen molar-refractivity contribution in [3.8, 4) is 0 Å². The molecule has 0 amide bonds. The Morgan fingerprint density at radius 2 is 1.62 bits per heavy atom. The van der Waals surface area contributed by atoms with E-state index in [4.69, 9.17) is 0 Å². The van der Waals surface area contributed by atoms with E-state index < -0.39 is 24.4 Å². The highest BCUT2D eigenvalue weighted by molar-refractivity contribution is 5.83. The van der Waals surface area contributed by atoms with Gasteiger partial charge in [0.2, 0.25) is 0 Å². The van der Waals surface area contributed by atoms with Crippen molar-refractivity contribution < 1.29 is 25.2 Å². The third kappa shape index (κ3) is 3.79. The highest BCUT2D eigenvalue weighted by Crippen LogP contribution is 2.67. The number of Topliss-reactive ketones (excluding diaryl/α,β-unsaturated/α-hetero) is 1. The van der Waals surface area contributed by atoms with E-state index in [-0.39, 0.29) is 28.4 Å². The summed E-state index contributed by atoms with van der Waals surface area (Å²) in [6.45, 7) is 10.8. The lowest BCUT2D eigenvalue weighted by Gasteiger charge is -2.61. The van der Waals surface area contributed by atoms with Gasteiger partial charge in [-0.25, -0.2) is 0 Å². The van der Waals surface area contributed by atoms with Crippen LogP contribution in [-0.2, 0) is 4.79 Å². The van der Waals surface area contributed by atoms with Gasteiger partial charge in [0.1, 0.15) is 5.78 Å². The third-order valence-corrected chi connectivity index (χ3v) is 10.8. The third-order valence-electron chi connectivity index (χ3n) is 10.8. The second-order valence-electron chi connectivity index (χ2n) is 13.0. The highest BCUT2D eigenvalue weighted by Gasteiger charge is 2.63. The lowest BCUT2D eigenvalue weighted by atomic mass is 9.44. The van der Waals surface area contributed by atoms with Crippen LogP contribution in [0.4, 0.5) is 0 Å². The zero-order valence-corrected chi connectivity index (χ0v) is 20.7. The van der Waals surface area contributed by atoms with Gasteiger partial charge in [0.15, 0.2) is 0 Å². The molecule has 5 heteroatoms. The van der Waals surface area contributed by atoms with Gasteiger partial charge in [-0.05, 0) is 91.3 Å². The van der Waals surface area contributed by atoms with Crippen molar-refractivity contribution >= 4 is 5.78 Å². The predicted octanol–water partition coefficient (Wildman–Crippen LogP) is 3.56. The number of hydrogen-bond donors (Lipinski definition) is 4. The van der Waals surface area contributed by atoms with Gasteiger partial charge in [-0.1, -0.05) is 34.6 Å². The molecule has 0 aliphatic heterocycles. The lowest BCUT2D eigenvalue weighted by Crippen LogP contribution is -2.59. The van der Waals surface area contributed by atoms with Crippen LogP contribution in [0.25, 0.3) is 0 Å². The van der Waals surface area contributed by atoms with Gasteiger partial charge in [0.25, 0.3) is 0 Å². The summed E-state index contributed by atoms with van der Waals surface area (Å²) < 4.78 is 0. The molecule has 0 spiro atoms. The fraction of sp³-hybridized carbons (Fsp3) is 0.963. The van der Waals surface area contributed by atoms with Crippen LogP contribution in [0.2, 0.25) is 0 Å². The minimum Gasteiger partial charge on any atom is -0.390 e. The standard InChI is InChI=1S/C27H46O5/c1-14(2)10-23(30)25(32)15(3)17-6-7-18-16-11-21(28)20-12-22(29)24(31)13-27(20,5)19(16)8-9-26(17,18)4/h14-20,22-25,29-32H,6-13H2,1-5H3/t15-,16+,17-,18-,19-,20+,22-,23-,24+,25+,26-,27+/m0/s1. The summed E-state index contributed by atoms with van der Waals surface area (Å²) in [5.41, 5.74) is -0.147. The van der Waals surface area contributed by atoms with Crippen LogP contribution in [0.15, 0.2) is 0 Å². The molecule has 32 heavy (non-hydrogen) atoms. The zero-order chi connectivity index (χ0) is 23.6. The van der Waals surface area contributed by atoms with Gasteiger partial charge in [0, 0.05) is 12.3 Å². The summed E-state index contributed by atoms with van der Waals surface area (Å²) >= 11 is 0. The van der Waals surface area contributed by atoms with Crippen molar-refractivity contribution in [2.45, 2.75) is 110 Å². The molecule has 0 bridgehead atoms. The topological polar surface area (TPSA) is 98.0 Å². The van der Waals surface area contributed by atoms with Gasteiger partial charge in [-0.2, -0.15) is 0 Å². The monoisotopic (exact) mass is 450 g/mol. The first-order valence-electron chi connectivity index (χ1n) is 13.1. The molecule has 4 saturated carbocycles. The lowest BCUT2D eigenvalue weighted by molar-refractivity contribution is -0.174. The minimum atomic E-state index is -0.780. The fourth-order valence-electron chi connectivity index (χ4n) is 9.19. The van der Waals surface area contributed by atoms with E-state index in [9.17, 15) is 25.2 Å². The number of carbonyl (C=O) groups excluding carboxylic acids is 1. The Morgan fingerprint density at radius 3 is 2.28 bits per heavy atom. The van der Waals surface area contributed by atoms with E-state index in [2.05, 4.69) is 34.6 Å². The number of ketones is 1. The summed E-state index contributed by atoms with van der Waals surface area (Å²) in [6, 6.07) is 0. The van der Waals surface area contributed by atoms with Crippen LogP contribution in [0, 0.1) is 52.3 Å². The van der Waals surface area contributed by atoms with E-state index in [1.165, 1.54) is 0 Å². The summed E-state index contributed by atoms with van der Waals surface area (Å²) in [4.78, 5) is 13.3. The maximum absolute atomic E-state index is 13.3. The molecular formula is C27H46O5. The molecule has 0 radical (unpaired) electrons. The second-order valence-corrected chi connectivity index (χ2v) is 13.0. The molecule has 0 saturated heterocycles.